The van der Waals surface area contributed by atoms with Gasteiger partial charge in [0.1, 0.15) is 6.61 Å². The molecule has 20 heavy (non-hydrogen) atoms. The van der Waals surface area contributed by atoms with Crippen LogP contribution in [-0.4, -0.2) is 23.4 Å². The molecule has 0 aliphatic carbocycles. The van der Waals surface area contributed by atoms with Gasteiger partial charge in [-0.3, -0.25) is 0 Å². The van der Waals surface area contributed by atoms with Gasteiger partial charge in [0.25, 0.3) is 0 Å². The lowest BCUT2D eigenvalue weighted by molar-refractivity contribution is 0.276. The van der Waals surface area contributed by atoms with Crippen LogP contribution >= 0.6 is 0 Å². The third-order valence-corrected chi connectivity index (χ3v) is 2.82. The third-order valence-electron chi connectivity index (χ3n) is 2.82. The maximum atomic E-state index is 8.71. The van der Waals surface area contributed by atoms with Crippen LogP contribution in [-0.2, 0) is 4.74 Å². The largest absolute Gasteiger partial charge is 0.516 e. The third kappa shape index (κ3) is 13.0. The molecule has 0 aromatic carbocycles. The molecule has 0 unspecified atom stereocenters. The molecule has 0 heterocycles. The summed E-state index contributed by atoms with van der Waals surface area (Å²) in [6.45, 7) is 2.78. The Morgan fingerprint density at radius 2 is 1.85 bits per heavy atom. The molecule has 0 saturated carbocycles. The van der Waals surface area contributed by atoms with Crippen molar-refractivity contribution in [3.05, 3.63) is 48.5 Å². The zero-order valence-corrected chi connectivity index (χ0v) is 12.5. The van der Waals surface area contributed by atoms with Crippen molar-refractivity contribution in [2.45, 2.75) is 45.4 Å². The van der Waals surface area contributed by atoms with Crippen LogP contribution in [0.15, 0.2) is 48.5 Å². The van der Waals surface area contributed by atoms with Crippen LogP contribution in [0.5, 0.6) is 0 Å². The number of aliphatic hydroxyl groups is 2. The average molecular weight is 280 g/mol. The van der Waals surface area contributed by atoms with E-state index in [9.17, 15) is 0 Å². The zero-order valence-electron chi connectivity index (χ0n) is 12.5. The maximum absolute atomic E-state index is 8.71. The van der Waals surface area contributed by atoms with Crippen molar-refractivity contribution in [3.63, 3.8) is 0 Å². The van der Waals surface area contributed by atoms with Crippen LogP contribution < -0.4 is 0 Å². The molecular weight excluding hydrogens is 252 g/mol. The summed E-state index contributed by atoms with van der Waals surface area (Å²) >= 11 is 0. The first kappa shape index (κ1) is 18.5. The van der Waals surface area contributed by atoms with Crippen LogP contribution in [0, 0.1) is 0 Å². The van der Waals surface area contributed by atoms with E-state index in [1.807, 2.05) is 6.08 Å². The van der Waals surface area contributed by atoms with Gasteiger partial charge in [-0.15, -0.1) is 0 Å². The lowest BCUT2D eigenvalue weighted by Gasteiger charge is -2.06. The van der Waals surface area contributed by atoms with Crippen molar-refractivity contribution in [2.75, 3.05) is 13.2 Å². The van der Waals surface area contributed by atoms with E-state index >= 15 is 0 Å². The summed E-state index contributed by atoms with van der Waals surface area (Å²) < 4.78 is 5.42. The first-order valence-electron chi connectivity index (χ1n) is 7.38. The highest BCUT2D eigenvalue weighted by molar-refractivity contribution is 5.12. The zero-order chi connectivity index (χ0) is 14.9. The van der Waals surface area contributed by atoms with E-state index in [0.29, 0.717) is 6.61 Å². The number of ether oxygens (including phenoxy) is 1. The van der Waals surface area contributed by atoms with E-state index in [1.165, 1.54) is 31.3 Å². The Morgan fingerprint density at radius 3 is 2.55 bits per heavy atom. The molecule has 0 spiro atoms. The van der Waals surface area contributed by atoms with E-state index < -0.39 is 0 Å². The Bertz CT molecular complexity index is 314. The summed E-state index contributed by atoms with van der Waals surface area (Å²) in [5.74, 6) is 0. The molecule has 0 rings (SSSR count). The predicted octanol–water partition coefficient (Wildman–Crippen LogP) is 4.42. The second kappa shape index (κ2) is 15.6. The summed E-state index contributed by atoms with van der Waals surface area (Å²) in [5, 5.41) is 17.3. The fourth-order valence-electron chi connectivity index (χ4n) is 1.73. The molecule has 0 bridgehead atoms. The molecule has 0 aromatic heterocycles. The van der Waals surface area contributed by atoms with Gasteiger partial charge in [-0.2, -0.15) is 0 Å². The minimum absolute atomic E-state index is 0.0363. The SMILES string of the molecule is CCCCCCC/C(=C/C=C/O)CO/C=C/C=C\CO. The number of rotatable bonds is 12. The summed E-state index contributed by atoms with van der Waals surface area (Å²) in [5.41, 5.74) is 1.17. The van der Waals surface area contributed by atoms with Gasteiger partial charge in [0.2, 0.25) is 0 Å². The highest BCUT2D eigenvalue weighted by Crippen LogP contribution is 2.12. The topological polar surface area (TPSA) is 49.7 Å². The van der Waals surface area contributed by atoms with Gasteiger partial charge in [0.05, 0.1) is 19.1 Å². The molecule has 114 valence electrons. The predicted molar refractivity (Wildman–Crippen MR) is 84.5 cm³/mol. The van der Waals surface area contributed by atoms with Crippen molar-refractivity contribution in [2.24, 2.45) is 0 Å². The van der Waals surface area contributed by atoms with Crippen molar-refractivity contribution in [1.29, 1.82) is 0 Å². The molecule has 0 fully saturated rings. The quantitative estimate of drug-likeness (QED) is 0.316. The van der Waals surface area contributed by atoms with Crippen molar-refractivity contribution >= 4 is 0 Å². The maximum Gasteiger partial charge on any atom is 0.109 e. The molecule has 0 saturated heterocycles. The first-order valence-corrected chi connectivity index (χ1v) is 7.38. The smallest absolute Gasteiger partial charge is 0.109 e. The van der Waals surface area contributed by atoms with E-state index in [1.54, 1.807) is 30.6 Å². The number of aliphatic hydroxyl groups excluding tert-OH is 2. The number of allylic oxidation sites excluding steroid dienone is 4. The lowest BCUT2D eigenvalue weighted by atomic mass is 10.1. The Kier molecular flexibility index (Phi) is 14.4. The average Bonchev–Trinajstić information content (AvgIpc) is 2.47. The minimum atomic E-state index is 0.0363. The van der Waals surface area contributed by atoms with Crippen molar-refractivity contribution < 1.29 is 14.9 Å². The summed E-state index contributed by atoms with van der Waals surface area (Å²) in [7, 11) is 0. The van der Waals surface area contributed by atoms with Crippen LogP contribution in [0.2, 0.25) is 0 Å². The Balaban J connectivity index is 3.97. The van der Waals surface area contributed by atoms with Crippen LogP contribution in [0.4, 0.5) is 0 Å². The van der Waals surface area contributed by atoms with Gasteiger partial charge in [-0.25, -0.2) is 0 Å². The minimum Gasteiger partial charge on any atom is -0.516 e. The molecule has 0 aromatic rings. The second-order valence-electron chi connectivity index (χ2n) is 4.58. The van der Waals surface area contributed by atoms with Gasteiger partial charge in [0, 0.05) is 0 Å². The monoisotopic (exact) mass is 280 g/mol. The Labute approximate surface area is 123 Å². The van der Waals surface area contributed by atoms with Gasteiger partial charge in [-0.1, -0.05) is 50.8 Å². The normalized spacial score (nSPS) is 13.0. The van der Waals surface area contributed by atoms with E-state index in [0.717, 1.165) is 19.1 Å². The molecule has 0 aliphatic rings. The molecule has 0 amide bonds. The van der Waals surface area contributed by atoms with E-state index in [4.69, 9.17) is 14.9 Å². The van der Waals surface area contributed by atoms with Gasteiger partial charge in [0.15, 0.2) is 0 Å². The molecule has 0 atom stereocenters. The number of hydrogen-bond donors (Lipinski definition) is 2. The number of unbranched alkanes of at least 4 members (excludes halogenated alkanes) is 4. The van der Waals surface area contributed by atoms with E-state index in [-0.39, 0.29) is 6.61 Å². The van der Waals surface area contributed by atoms with Crippen LogP contribution in [0.25, 0.3) is 0 Å². The van der Waals surface area contributed by atoms with Crippen molar-refractivity contribution in [1.82, 2.24) is 0 Å². The lowest BCUT2D eigenvalue weighted by Crippen LogP contribution is -1.94. The molecule has 0 radical (unpaired) electrons. The Hall–Kier alpha value is -1.48. The highest BCUT2D eigenvalue weighted by Gasteiger charge is 1.97. The van der Waals surface area contributed by atoms with Crippen LogP contribution in [0.3, 0.4) is 0 Å². The van der Waals surface area contributed by atoms with Crippen LogP contribution in [0.1, 0.15) is 45.4 Å². The molecule has 3 nitrogen and oxygen atoms in total. The van der Waals surface area contributed by atoms with Gasteiger partial charge < -0.3 is 14.9 Å². The summed E-state index contributed by atoms with van der Waals surface area (Å²) in [4.78, 5) is 0. The molecule has 2 N–H and O–H groups in total. The fraction of sp³-hybridized carbons (Fsp3) is 0.529. The number of hydrogen-bond acceptors (Lipinski definition) is 3. The molecule has 3 heteroatoms. The molecule has 0 aliphatic heterocycles. The summed E-state index contributed by atoms with van der Waals surface area (Å²) in [6.07, 6.45) is 18.5. The highest BCUT2D eigenvalue weighted by atomic mass is 16.5. The van der Waals surface area contributed by atoms with E-state index in [2.05, 4.69) is 6.92 Å². The first-order chi connectivity index (χ1) is 9.85. The van der Waals surface area contributed by atoms with Crippen molar-refractivity contribution in [3.8, 4) is 0 Å². The fourth-order valence-corrected chi connectivity index (χ4v) is 1.73. The Morgan fingerprint density at radius 1 is 1.05 bits per heavy atom. The second-order valence-corrected chi connectivity index (χ2v) is 4.58. The standard InChI is InChI=1S/C17H28O3/c1-2-3-4-5-7-11-17(12-10-14-19)16-20-15-9-6-8-13-18/h6,8-10,12,14-15,18-19H,2-5,7,11,13,16H2,1H3/b8-6-,14-10+,15-9+,17-12-. The molecular formula is C17H28O3. The summed E-state index contributed by atoms with van der Waals surface area (Å²) in [6, 6.07) is 0. The van der Waals surface area contributed by atoms with Gasteiger partial charge >= 0.3 is 0 Å². The van der Waals surface area contributed by atoms with Gasteiger partial charge in [-0.05, 0) is 30.6 Å².